The van der Waals surface area contributed by atoms with E-state index in [1.54, 1.807) is 30.7 Å². The summed E-state index contributed by atoms with van der Waals surface area (Å²) in [5, 5.41) is 14.9. The molecule has 4 saturated carbocycles. The number of likely N-dealkylation sites (tertiary alicyclic amines) is 2. The lowest BCUT2D eigenvalue weighted by atomic mass is 9.39. The van der Waals surface area contributed by atoms with E-state index in [0.29, 0.717) is 61.4 Å². The first-order chi connectivity index (χ1) is 21.6. The molecule has 6 fully saturated rings. The minimum absolute atomic E-state index is 0.217. The number of carbonyl (C=O) groups excluding carboxylic acids is 1. The predicted octanol–water partition coefficient (Wildman–Crippen LogP) is 5.40. The largest absolute Gasteiger partial charge is 0.416 e. The Morgan fingerprint density at radius 2 is 1.64 bits per heavy atom. The quantitative estimate of drug-likeness (QED) is 0.382. The lowest BCUT2D eigenvalue weighted by Gasteiger charge is -2.70. The number of pyridine rings is 1. The van der Waals surface area contributed by atoms with Crippen molar-refractivity contribution < 1.29 is 23.1 Å². The van der Waals surface area contributed by atoms with Crippen LogP contribution in [0.25, 0.3) is 11.4 Å². The molecular formula is C34H37F3N6O2. The Bertz CT molecular complexity index is 1570. The van der Waals surface area contributed by atoms with Crippen molar-refractivity contribution in [2.45, 2.75) is 93.2 Å². The van der Waals surface area contributed by atoms with Gasteiger partial charge in [0.15, 0.2) is 5.82 Å². The molecule has 2 bridgehead atoms. The van der Waals surface area contributed by atoms with Crippen molar-refractivity contribution in [2.75, 3.05) is 18.4 Å². The Labute approximate surface area is 260 Å². The third kappa shape index (κ3) is 4.81. The maximum absolute atomic E-state index is 13.8. The number of hydrogen-bond donors (Lipinski definition) is 2. The maximum Gasteiger partial charge on any atom is 0.416 e. The summed E-state index contributed by atoms with van der Waals surface area (Å²) in [6.07, 6.45) is 7.78. The van der Waals surface area contributed by atoms with Gasteiger partial charge in [-0.05, 0) is 94.2 Å². The Morgan fingerprint density at radius 1 is 0.911 bits per heavy atom. The van der Waals surface area contributed by atoms with Crippen LogP contribution in [0.2, 0.25) is 0 Å². The zero-order valence-electron chi connectivity index (χ0n) is 25.0. The molecule has 4 aliphatic carbocycles. The van der Waals surface area contributed by atoms with E-state index >= 15 is 0 Å². The third-order valence-electron chi connectivity index (χ3n) is 11.3. The van der Waals surface area contributed by atoms with Gasteiger partial charge in [0.25, 0.3) is 0 Å². The number of nitrogens with zero attached hydrogens (tertiary/aromatic N) is 5. The summed E-state index contributed by atoms with van der Waals surface area (Å²) >= 11 is 0. The monoisotopic (exact) mass is 618 g/mol. The molecule has 2 N–H and O–H groups in total. The van der Waals surface area contributed by atoms with Crippen LogP contribution in [-0.2, 0) is 16.6 Å². The number of halogens is 3. The molecule has 2 saturated heterocycles. The van der Waals surface area contributed by atoms with Crippen LogP contribution in [0, 0.1) is 5.41 Å². The number of hydrogen-bond acceptors (Lipinski definition) is 7. The number of fused-ring (bicyclic) bond motifs is 1. The predicted molar refractivity (Wildman–Crippen MR) is 161 cm³/mol. The molecule has 8 nitrogen and oxygen atoms in total. The first kappa shape index (κ1) is 28.9. The second kappa shape index (κ2) is 10.2. The lowest BCUT2D eigenvalue weighted by molar-refractivity contribution is -0.180. The molecule has 236 valence electrons. The van der Waals surface area contributed by atoms with Crippen LogP contribution < -0.4 is 5.32 Å². The minimum atomic E-state index is -4.38. The van der Waals surface area contributed by atoms with E-state index in [-0.39, 0.29) is 22.9 Å². The molecule has 45 heavy (non-hydrogen) atoms. The molecule has 2 aromatic heterocycles. The summed E-state index contributed by atoms with van der Waals surface area (Å²) < 4.78 is 39.5. The van der Waals surface area contributed by atoms with E-state index in [1.807, 2.05) is 12.1 Å². The topological polar surface area (TPSA) is 94.5 Å². The van der Waals surface area contributed by atoms with Gasteiger partial charge in [-0.15, -0.1) is 0 Å². The van der Waals surface area contributed by atoms with E-state index in [4.69, 9.17) is 0 Å². The third-order valence-corrected chi connectivity index (χ3v) is 11.3. The van der Waals surface area contributed by atoms with Gasteiger partial charge in [0.05, 0.1) is 16.7 Å². The zero-order valence-corrected chi connectivity index (χ0v) is 25.0. The molecule has 9 rings (SSSR count). The number of anilines is 1. The van der Waals surface area contributed by atoms with Crippen LogP contribution in [0.1, 0.15) is 69.0 Å². The molecule has 0 radical (unpaired) electrons. The van der Waals surface area contributed by atoms with E-state index in [0.717, 1.165) is 56.5 Å². The Kier molecular flexibility index (Phi) is 6.56. The van der Waals surface area contributed by atoms with Crippen LogP contribution in [0.4, 0.5) is 18.9 Å². The molecule has 2 unspecified atom stereocenters. The number of amides is 1. The first-order valence-electron chi connectivity index (χ1n) is 16.1. The van der Waals surface area contributed by atoms with Gasteiger partial charge in [-0.25, -0.2) is 9.97 Å². The zero-order chi connectivity index (χ0) is 31.0. The molecular weight excluding hydrogens is 581 g/mol. The van der Waals surface area contributed by atoms with Crippen molar-refractivity contribution in [1.29, 1.82) is 0 Å². The minimum Gasteiger partial charge on any atom is -0.384 e. The summed E-state index contributed by atoms with van der Waals surface area (Å²) in [5.74, 6) is 0.846. The fourth-order valence-corrected chi connectivity index (χ4v) is 9.17. The van der Waals surface area contributed by atoms with Crippen LogP contribution in [-0.4, -0.2) is 72.5 Å². The standard InChI is InChI=1S/C34H37F3N6O2/c35-34(36,37)23-3-1-4-24(17-23)41-32-19-31(20-32,21-32)30(44)43-16-10-26-27(43)9-15-42(26)25-7-11-33(45,12-8-25)28-6-5-22(18-40-28)29-38-13-2-14-39-29/h1-6,13-14,17-18,25-27,41,45H,7-12,15-16,19-21H2. The van der Waals surface area contributed by atoms with Crippen molar-refractivity contribution >= 4 is 11.6 Å². The van der Waals surface area contributed by atoms with Crippen LogP contribution >= 0.6 is 0 Å². The van der Waals surface area contributed by atoms with Gasteiger partial charge in [0, 0.05) is 66.6 Å². The van der Waals surface area contributed by atoms with Crippen molar-refractivity contribution in [1.82, 2.24) is 24.8 Å². The summed E-state index contributed by atoms with van der Waals surface area (Å²) in [6.45, 7) is 1.72. The van der Waals surface area contributed by atoms with Crippen molar-refractivity contribution in [3.63, 3.8) is 0 Å². The molecule has 0 spiro atoms. The number of carbonyl (C=O) groups is 1. The van der Waals surface area contributed by atoms with Gasteiger partial charge < -0.3 is 15.3 Å². The van der Waals surface area contributed by atoms with Crippen LogP contribution in [0.5, 0.6) is 0 Å². The van der Waals surface area contributed by atoms with E-state index in [1.165, 1.54) is 6.07 Å². The number of aromatic nitrogens is 3. The SMILES string of the molecule is O=C(N1CCC2C1CCN2C1CCC(O)(c2ccc(-c3ncccn3)cn2)CC1)C12CC(Nc3cccc(C(F)(F)F)c3)(C1)C2. The Hall–Kier alpha value is -3.57. The fourth-order valence-electron chi connectivity index (χ4n) is 9.17. The average molecular weight is 619 g/mol. The number of benzene rings is 1. The van der Waals surface area contributed by atoms with Gasteiger partial charge in [0.1, 0.15) is 5.60 Å². The van der Waals surface area contributed by atoms with Gasteiger partial charge in [-0.2, -0.15) is 13.2 Å². The van der Waals surface area contributed by atoms with Crippen LogP contribution in [0.3, 0.4) is 0 Å². The van der Waals surface area contributed by atoms with Gasteiger partial charge in [-0.1, -0.05) is 6.07 Å². The number of rotatable bonds is 6. The second-order valence-corrected chi connectivity index (χ2v) is 14.0. The molecule has 1 amide bonds. The fraction of sp³-hybridized carbons (Fsp3) is 0.529. The average Bonchev–Trinajstić information content (AvgIpc) is 3.62. The number of nitrogens with one attached hydrogen (secondary N) is 1. The molecule has 2 atom stereocenters. The summed E-state index contributed by atoms with van der Waals surface area (Å²) in [5.41, 5.74) is -0.278. The van der Waals surface area contributed by atoms with E-state index in [9.17, 15) is 23.1 Å². The molecule has 6 aliphatic rings. The van der Waals surface area contributed by atoms with Crippen molar-refractivity contribution in [3.05, 3.63) is 72.3 Å². The Morgan fingerprint density at radius 3 is 2.33 bits per heavy atom. The normalized spacial score (nSPS) is 34.1. The van der Waals surface area contributed by atoms with E-state index in [2.05, 4.69) is 30.1 Å². The number of aliphatic hydroxyl groups is 1. The van der Waals surface area contributed by atoms with Gasteiger partial charge in [0.2, 0.25) is 5.91 Å². The summed E-state index contributed by atoms with van der Waals surface area (Å²) in [4.78, 5) is 31.7. The highest BCUT2D eigenvalue weighted by Crippen LogP contribution is 2.69. The summed E-state index contributed by atoms with van der Waals surface area (Å²) in [6, 6.07) is 11.9. The highest BCUT2D eigenvalue weighted by molar-refractivity contribution is 5.88. The highest BCUT2D eigenvalue weighted by Gasteiger charge is 2.73. The number of alkyl halides is 3. The summed E-state index contributed by atoms with van der Waals surface area (Å²) in [7, 11) is 0. The van der Waals surface area contributed by atoms with Crippen molar-refractivity contribution in [2.24, 2.45) is 5.41 Å². The lowest BCUT2D eigenvalue weighted by Crippen LogP contribution is -2.75. The highest BCUT2D eigenvalue weighted by atomic mass is 19.4. The molecule has 2 aliphatic heterocycles. The maximum atomic E-state index is 13.8. The van der Waals surface area contributed by atoms with Crippen molar-refractivity contribution in [3.8, 4) is 11.4 Å². The first-order valence-corrected chi connectivity index (χ1v) is 16.1. The second-order valence-electron chi connectivity index (χ2n) is 14.0. The van der Waals surface area contributed by atoms with Gasteiger partial charge in [-0.3, -0.25) is 14.7 Å². The molecule has 11 heteroatoms. The molecule has 1 aromatic carbocycles. The van der Waals surface area contributed by atoms with Gasteiger partial charge >= 0.3 is 6.18 Å². The Balaban J connectivity index is 0.859. The molecule has 3 aromatic rings. The van der Waals surface area contributed by atoms with E-state index < -0.39 is 17.3 Å². The van der Waals surface area contributed by atoms with Crippen LogP contribution in [0.15, 0.2) is 61.1 Å². The smallest absolute Gasteiger partial charge is 0.384 e. The molecule has 4 heterocycles.